The molecule has 10 nitrogen and oxygen atoms in total. The lowest BCUT2D eigenvalue weighted by Gasteiger charge is -2.26. The number of nitrogens with zero attached hydrogens (tertiary/aromatic N) is 3. The number of nitrogens with two attached hydrogens (primary N) is 1. The van der Waals surface area contributed by atoms with E-state index < -0.39 is 5.92 Å². The summed E-state index contributed by atoms with van der Waals surface area (Å²) in [5, 5.41) is 16.9. The van der Waals surface area contributed by atoms with Crippen molar-refractivity contribution < 1.29 is 23.7 Å². The minimum absolute atomic E-state index is 0.0327. The van der Waals surface area contributed by atoms with E-state index in [4.69, 9.17) is 29.4 Å². The maximum Gasteiger partial charge on any atom is 0.244 e. The summed E-state index contributed by atoms with van der Waals surface area (Å²) in [5.74, 6) is 1.11. The van der Waals surface area contributed by atoms with Crippen LogP contribution >= 0.6 is 0 Å². The van der Waals surface area contributed by atoms with Crippen molar-refractivity contribution in [3.8, 4) is 23.4 Å². The highest BCUT2D eigenvalue weighted by Gasteiger charge is 2.35. The Kier molecular flexibility index (Phi) is 6.80. The predicted molar refractivity (Wildman–Crippen MR) is 114 cm³/mol. The fourth-order valence-corrected chi connectivity index (χ4v) is 3.99. The van der Waals surface area contributed by atoms with E-state index in [-0.39, 0.29) is 5.88 Å². The van der Waals surface area contributed by atoms with E-state index >= 15 is 0 Å². The van der Waals surface area contributed by atoms with Gasteiger partial charge in [-0.15, -0.1) is 5.10 Å². The molecule has 1 saturated heterocycles. The van der Waals surface area contributed by atoms with Crippen molar-refractivity contribution in [2.24, 2.45) is 5.73 Å². The van der Waals surface area contributed by atoms with Gasteiger partial charge in [-0.25, -0.2) is 0 Å². The van der Waals surface area contributed by atoms with E-state index in [0.29, 0.717) is 36.2 Å². The van der Waals surface area contributed by atoms with Gasteiger partial charge in [-0.05, 0) is 17.7 Å². The fraction of sp³-hybridized carbons (Fsp3) is 0.455. The smallest absolute Gasteiger partial charge is 0.244 e. The molecule has 1 fully saturated rings. The molecule has 0 radical (unpaired) electrons. The Hall–Kier alpha value is -3.26. The van der Waals surface area contributed by atoms with Gasteiger partial charge in [-0.2, -0.15) is 5.26 Å². The molecule has 0 amide bonds. The molecule has 0 spiro atoms. The summed E-state index contributed by atoms with van der Waals surface area (Å²) in [7, 11) is 3.18. The molecule has 2 aromatic rings. The SMILES string of the molecule is COCc1[nH]nc2c1C(c1ccc(OCCN3CCOCC3)c(OC)c1)C(C#N)=C(N)O2. The zero-order valence-corrected chi connectivity index (χ0v) is 18.2. The molecule has 1 aromatic heterocycles. The second kappa shape index (κ2) is 9.91. The van der Waals surface area contributed by atoms with E-state index in [2.05, 4.69) is 21.2 Å². The highest BCUT2D eigenvalue weighted by molar-refractivity contribution is 5.57. The Bertz CT molecular complexity index is 1020. The Labute approximate surface area is 186 Å². The molecule has 1 aromatic carbocycles. The summed E-state index contributed by atoms with van der Waals surface area (Å²) in [6, 6.07) is 7.80. The topological polar surface area (TPSA) is 128 Å². The van der Waals surface area contributed by atoms with Crippen molar-refractivity contribution in [3.63, 3.8) is 0 Å². The summed E-state index contributed by atoms with van der Waals surface area (Å²) in [4.78, 5) is 2.30. The first-order valence-corrected chi connectivity index (χ1v) is 10.4. The monoisotopic (exact) mass is 441 g/mol. The van der Waals surface area contributed by atoms with Crippen LogP contribution in [0.5, 0.6) is 17.4 Å². The Morgan fingerprint density at radius 1 is 1.28 bits per heavy atom. The molecule has 0 bridgehead atoms. The van der Waals surface area contributed by atoms with Crippen LogP contribution in [-0.4, -0.2) is 68.8 Å². The molecule has 3 N–H and O–H groups in total. The van der Waals surface area contributed by atoms with E-state index in [1.54, 1.807) is 14.2 Å². The zero-order chi connectivity index (χ0) is 22.5. The second-order valence-corrected chi connectivity index (χ2v) is 7.49. The van der Waals surface area contributed by atoms with Crippen LogP contribution in [-0.2, 0) is 16.1 Å². The largest absolute Gasteiger partial charge is 0.493 e. The number of nitriles is 1. The molecule has 4 rings (SSSR count). The molecule has 170 valence electrons. The first kappa shape index (κ1) is 22.0. The van der Waals surface area contributed by atoms with Crippen molar-refractivity contribution in [1.82, 2.24) is 15.1 Å². The summed E-state index contributed by atoms with van der Waals surface area (Å²) < 4.78 is 27.8. The number of hydrogen-bond donors (Lipinski definition) is 2. The Balaban J connectivity index is 1.60. The third-order valence-corrected chi connectivity index (χ3v) is 5.60. The molecule has 2 aliphatic heterocycles. The quantitative estimate of drug-likeness (QED) is 0.626. The van der Waals surface area contributed by atoms with Gasteiger partial charge in [0, 0.05) is 26.7 Å². The van der Waals surface area contributed by atoms with Gasteiger partial charge in [0.2, 0.25) is 11.8 Å². The van der Waals surface area contributed by atoms with Crippen LogP contribution in [0.2, 0.25) is 0 Å². The number of H-pyrrole nitrogens is 1. The molecule has 3 heterocycles. The van der Waals surface area contributed by atoms with Crippen molar-refractivity contribution in [2.45, 2.75) is 12.5 Å². The lowest BCUT2D eigenvalue weighted by molar-refractivity contribution is 0.0321. The molecule has 1 atom stereocenters. The number of aromatic nitrogens is 2. The van der Waals surface area contributed by atoms with Gasteiger partial charge in [-0.3, -0.25) is 10.00 Å². The number of rotatable bonds is 8. The molecular formula is C22H27N5O5. The van der Waals surface area contributed by atoms with E-state index in [1.807, 2.05) is 18.2 Å². The van der Waals surface area contributed by atoms with Gasteiger partial charge in [0.1, 0.15) is 18.2 Å². The van der Waals surface area contributed by atoms with Gasteiger partial charge in [0.15, 0.2) is 11.5 Å². The minimum Gasteiger partial charge on any atom is -0.493 e. The third kappa shape index (κ3) is 4.36. The maximum absolute atomic E-state index is 9.80. The Morgan fingerprint density at radius 3 is 2.81 bits per heavy atom. The number of hydrogen-bond acceptors (Lipinski definition) is 9. The van der Waals surface area contributed by atoms with Crippen LogP contribution in [0.3, 0.4) is 0 Å². The van der Waals surface area contributed by atoms with Crippen LogP contribution < -0.4 is 19.9 Å². The number of methoxy groups -OCH3 is 2. The molecule has 1 unspecified atom stereocenters. The predicted octanol–water partition coefficient (Wildman–Crippen LogP) is 1.49. The van der Waals surface area contributed by atoms with E-state index in [0.717, 1.165) is 49.7 Å². The van der Waals surface area contributed by atoms with Crippen LogP contribution in [0.1, 0.15) is 22.7 Å². The average Bonchev–Trinajstić information content (AvgIpc) is 3.21. The molecule has 0 saturated carbocycles. The maximum atomic E-state index is 9.80. The average molecular weight is 441 g/mol. The number of allylic oxidation sites excluding steroid dienone is 1. The van der Waals surface area contributed by atoms with Gasteiger partial charge < -0.3 is 29.4 Å². The van der Waals surface area contributed by atoms with Crippen molar-refractivity contribution in [2.75, 3.05) is 53.7 Å². The molecule has 32 heavy (non-hydrogen) atoms. The normalized spacial score (nSPS) is 18.6. The van der Waals surface area contributed by atoms with E-state index in [9.17, 15) is 5.26 Å². The lowest BCUT2D eigenvalue weighted by atomic mass is 9.84. The second-order valence-electron chi connectivity index (χ2n) is 7.49. The standard InChI is InChI=1S/C22H27N5O5/c1-28-13-16-20-19(15(12-23)21(24)32-22(20)26-25-16)14-3-4-17(18(11-14)29-2)31-10-7-27-5-8-30-9-6-27/h3-4,11,19H,5-10,13,24H2,1-2H3,(H,25,26). The number of morpholine rings is 1. The van der Waals surface area contributed by atoms with Crippen molar-refractivity contribution in [3.05, 3.63) is 46.5 Å². The summed E-state index contributed by atoms with van der Waals surface area (Å²) in [6.45, 7) is 4.96. The van der Waals surface area contributed by atoms with Crippen molar-refractivity contribution in [1.29, 1.82) is 5.26 Å². The fourth-order valence-electron chi connectivity index (χ4n) is 3.99. The molecular weight excluding hydrogens is 414 g/mol. The number of fused-ring (bicyclic) bond motifs is 1. The lowest BCUT2D eigenvalue weighted by Crippen LogP contribution is -2.38. The molecule has 0 aliphatic carbocycles. The minimum atomic E-state index is -0.469. The van der Waals surface area contributed by atoms with E-state index in [1.165, 1.54) is 0 Å². The molecule has 10 heteroatoms. The summed E-state index contributed by atoms with van der Waals surface area (Å²) >= 11 is 0. The first-order chi connectivity index (χ1) is 15.7. The molecule has 2 aliphatic rings. The van der Waals surface area contributed by atoms with Crippen LogP contribution in [0.4, 0.5) is 0 Å². The van der Waals surface area contributed by atoms with Gasteiger partial charge in [0.25, 0.3) is 0 Å². The zero-order valence-electron chi connectivity index (χ0n) is 18.2. The summed E-state index contributed by atoms with van der Waals surface area (Å²) in [5.41, 5.74) is 8.59. The number of aromatic amines is 1. The van der Waals surface area contributed by atoms with Crippen molar-refractivity contribution >= 4 is 0 Å². The number of benzene rings is 1. The third-order valence-electron chi connectivity index (χ3n) is 5.60. The Morgan fingerprint density at radius 2 is 2.09 bits per heavy atom. The number of nitrogens with one attached hydrogen (secondary N) is 1. The highest BCUT2D eigenvalue weighted by atomic mass is 16.5. The van der Waals surface area contributed by atoms with Crippen LogP contribution in [0.15, 0.2) is 29.7 Å². The van der Waals surface area contributed by atoms with Gasteiger partial charge in [0.05, 0.1) is 44.1 Å². The highest BCUT2D eigenvalue weighted by Crippen LogP contribution is 2.44. The number of ether oxygens (including phenoxy) is 5. The van der Waals surface area contributed by atoms with Crippen LogP contribution in [0, 0.1) is 11.3 Å². The van der Waals surface area contributed by atoms with Gasteiger partial charge in [-0.1, -0.05) is 6.07 Å². The van der Waals surface area contributed by atoms with Gasteiger partial charge >= 0.3 is 0 Å². The first-order valence-electron chi connectivity index (χ1n) is 10.4. The van der Waals surface area contributed by atoms with Crippen LogP contribution in [0.25, 0.3) is 0 Å². The summed E-state index contributed by atoms with van der Waals surface area (Å²) in [6.07, 6.45) is 0.